The second kappa shape index (κ2) is 11.1. The quantitative estimate of drug-likeness (QED) is 0.654. The molecule has 0 bridgehead atoms. The summed E-state index contributed by atoms with van der Waals surface area (Å²) >= 11 is 6.05. The number of amides is 3. The Balaban J connectivity index is 0.000000464. The number of carbonyl (C=O) groups excluding carboxylic acids is 3. The van der Waals surface area contributed by atoms with E-state index in [1.54, 1.807) is 4.90 Å². The maximum Gasteiger partial charge on any atom is 0.253 e. The van der Waals surface area contributed by atoms with Crippen molar-refractivity contribution in [2.75, 3.05) is 36.3 Å². The number of primary amides is 2. The lowest BCUT2D eigenvalue weighted by molar-refractivity contribution is -0.125. The van der Waals surface area contributed by atoms with E-state index in [-0.39, 0.29) is 37.0 Å². The van der Waals surface area contributed by atoms with Crippen LogP contribution in [0.3, 0.4) is 0 Å². The number of ether oxygens (including phenoxy) is 2. The number of nitrogens with two attached hydrogens (primary N) is 2. The van der Waals surface area contributed by atoms with Crippen molar-refractivity contribution in [2.45, 2.75) is 24.5 Å². The third kappa shape index (κ3) is 5.62. The molecule has 1 unspecified atom stereocenters. The first-order valence-electron chi connectivity index (χ1n) is 10.4. The first kappa shape index (κ1) is 24.5. The fraction of sp³-hybridized carbons (Fsp3) is 0.348. The van der Waals surface area contributed by atoms with E-state index in [9.17, 15) is 4.79 Å². The van der Waals surface area contributed by atoms with Crippen molar-refractivity contribution in [3.63, 3.8) is 0 Å². The second-order valence-electron chi connectivity index (χ2n) is 7.65. The molecule has 2 aliphatic heterocycles. The second-order valence-corrected chi connectivity index (χ2v) is 8.09. The predicted octanol–water partition coefficient (Wildman–Crippen LogP) is 1.97. The Hall–Kier alpha value is -3.14. The van der Waals surface area contributed by atoms with Gasteiger partial charge in [0.2, 0.25) is 12.8 Å². The van der Waals surface area contributed by atoms with Gasteiger partial charge in [-0.15, -0.1) is 0 Å². The minimum atomic E-state index is -0.0874. The van der Waals surface area contributed by atoms with Gasteiger partial charge in [0.25, 0.3) is 5.91 Å². The minimum Gasteiger partial charge on any atom is -0.372 e. The van der Waals surface area contributed by atoms with Crippen LogP contribution in [0.4, 0.5) is 11.4 Å². The molecule has 0 radical (unpaired) electrons. The highest BCUT2D eigenvalue weighted by Gasteiger charge is 2.58. The van der Waals surface area contributed by atoms with Crippen molar-refractivity contribution in [3.8, 4) is 0 Å². The fourth-order valence-corrected chi connectivity index (χ4v) is 4.27. The number of hydrogen-bond acceptors (Lipinski definition) is 6. The van der Waals surface area contributed by atoms with Crippen LogP contribution in [-0.4, -0.2) is 50.8 Å². The summed E-state index contributed by atoms with van der Waals surface area (Å²) in [5, 5.41) is 0.732. The van der Waals surface area contributed by atoms with E-state index < -0.39 is 0 Å². The number of nitrogens with zero attached hydrogens (tertiary/aromatic N) is 2. The van der Waals surface area contributed by atoms with Gasteiger partial charge in [0, 0.05) is 22.9 Å². The lowest BCUT2D eigenvalue weighted by Crippen LogP contribution is -2.41. The van der Waals surface area contributed by atoms with Crippen LogP contribution in [0.1, 0.15) is 24.4 Å². The van der Waals surface area contributed by atoms with Gasteiger partial charge in [0.05, 0.1) is 18.2 Å². The highest BCUT2D eigenvalue weighted by atomic mass is 35.5. The summed E-state index contributed by atoms with van der Waals surface area (Å²) < 4.78 is 11.4. The summed E-state index contributed by atoms with van der Waals surface area (Å²) in [6.45, 7) is 1.92. The van der Waals surface area contributed by atoms with Crippen LogP contribution in [0, 0.1) is 0 Å². The van der Waals surface area contributed by atoms with Crippen molar-refractivity contribution in [1.82, 2.24) is 0 Å². The third-order valence-corrected chi connectivity index (χ3v) is 5.96. The van der Waals surface area contributed by atoms with Crippen molar-refractivity contribution in [3.05, 3.63) is 59.1 Å². The van der Waals surface area contributed by atoms with Crippen LogP contribution < -0.4 is 21.3 Å². The van der Waals surface area contributed by atoms with Crippen LogP contribution in [-0.2, 0) is 23.9 Å². The highest BCUT2D eigenvalue weighted by molar-refractivity contribution is 6.30. The average Bonchev–Trinajstić information content (AvgIpc) is 3.49. The highest BCUT2D eigenvalue weighted by Crippen LogP contribution is 2.56. The Kier molecular flexibility index (Phi) is 8.26. The first-order valence-corrected chi connectivity index (χ1v) is 10.8. The topological polar surface area (TPSA) is 128 Å². The largest absolute Gasteiger partial charge is 0.372 e. The maximum atomic E-state index is 12.1. The molecule has 4 N–H and O–H groups in total. The van der Waals surface area contributed by atoms with Gasteiger partial charge in [0.15, 0.2) is 0 Å². The zero-order valence-electron chi connectivity index (χ0n) is 18.1. The van der Waals surface area contributed by atoms with E-state index in [1.165, 1.54) is 5.56 Å². The lowest BCUT2D eigenvalue weighted by Gasteiger charge is -2.30. The molecule has 176 valence electrons. The molecule has 9 nitrogen and oxygen atoms in total. The van der Waals surface area contributed by atoms with Crippen molar-refractivity contribution >= 4 is 41.7 Å². The van der Waals surface area contributed by atoms with E-state index in [0.29, 0.717) is 19.9 Å². The van der Waals surface area contributed by atoms with E-state index in [0.717, 1.165) is 29.2 Å². The molecule has 1 atom stereocenters. The van der Waals surface area contributed by atoms with Crippen LogP contribution in [0.2, 0.25) is 5.02 Å². The number of rotatable bonds is 3. The van der Waals surface area contributed by atoms with E-state index >= 15 is 0 Å². The summed E-state index contributed by atoms with van der Waals surface area (Å²) in [6, 6.07) is 16.4. The van der Waals surface area contributed by atoms with E-state index in [2.05, 4.69) is 28.5 Å². The summed E-state index contributed by atoms with van der Waals surface area (Å²) in [5.41, 5.74) is 11.5. The molecule has 2 aromatic rings. The van der Waals surface area contributed by atoms with E-state index in [4.69, 9.17) is 30.7 Å². The smallest absolute Gasteiger partial charge is 0.253 e. The van der Waals surface area contributed by atoms with Crippen LogP contribution in [0.15, 0.2) is 48.5 Å². The molecule has 2 heterocycles. The molecule has 2 aromatic carbocycles. The monoisotopic (exact) mass is 474 g/mol. The Bertz CT molecular complexity index is 944. The third-order valence-electron chi connectivity index (χ3n) is 5.71. The van der Waals surface area contributed by atoms with Crippen LogP contribution >= 0.6 is 11.6 Å². The molecule has 10 heteroatoms. The van der Waals surface area contributed by atoms with Gasteiger partial charge >= 0.3 is 0 Å². The molecule has 2 saturated heterocycles. The normalized spacial score (nSPS) is 20.3. The summed E-state index contributed by atoms with van der Waals surface area (Å²) in [5.74, 6) is 0.0136. The van der Waals surface area contributed by atoms with Gasteiger partial charge < -0.3 is 30.7 Å². The molecule has 3 fully saturated rings. The molecular weight excluding hydrogens is 448 g/mol. The van der Waals surface area contributed by atoms with Gasteiger partial charge in [-0.1, -0.05) is 23.7 Å². The zero-order chi connectivity index (χ0) is 23.8. The number of hydrogen-bond donors (Lipinski definition) is 2. The number of anilines is 2. The van der Waals surface area contributed by atoms with Gasteiger partial charge in [-0.25, -0.2) is 0 Å². The molecular formula is C23H27ClN4O5. The molecule has 1 aliphatic carbocycles. The minimum absolute atomic E-state index is 0.0136. The Morgan fingerprint density at radius 3 is 2.09 bits per heavy atom. The lowest BCUT2D eigenvalue weighted by atomic mass is 9.98. The summed E-state index contributed by atoms with van der Waals surface area (Å²) in [6.07, 6.45) is 2.65. The molecule has 1 saturated carbocycles. The molecule has 1 spiro atoms. The predicted molar refractivity (Wildman–Crippen MR) is 125 cm³/mol. The maximum absolute atomic E-state index is 12.1. The number of carbonyl (C=O) groups is 3. The molecule has 3 amide bonds. The van der Waals surface area contributed by atoms with Crippen molar-refractivity contribution in [2.24, 2.45) is 11.5 Å². The van der Waals surface area contributed by atoms with Gasteiger partial charge in [-0.2, -0.15) is 0 Å². The summed E-state index contributed by atoms with van der Waals surface area (Å²) in [7, 11) is 0. The first-order chi connectivity index (χ1) is 16.0. The zero-order valence-corrected chi connectivity index (χ0v) is 18.8. The average molecular weight is 475 g/mol. The molecule has 33 heavy (non-hydrogen) atoms. The van der Waals surface area contributed by atoms with Gasteiger partial charge in [-0.3, -0.25) is 14.4 Å². The number of benzene rings is 2. The molecule has 0 aromatic heterocycles. The van der Waals surface area contributed by atoms with Gasteiger partial charge in [0.1, 0.15) is 13.3 Å². The van der Waals surface area contributed by atoms with Gasteiger partial charge in [-0.05, 0) is 54.8 Å². The Labute approximate surface area is 197 Å². The Morgan fingerprint density at radius 1 is 0.970 bits per heavy atom. The van der Waals surface area contributed by atoms with E-state index in [1.807, 2.05) is 36.4 Å². The molecule has 3 aliphatic rings. The fourth-order valence-electron chi connectivity index (χ4n) is 4.14. The van der Waals surface area contributed by atoms with Crippen LogP contribution in [0.25, 0.3) is 0 Å². The summed E-state index contributed by atoms with van der Waals surface area (Å²) in [4.78, 5) is 33.3. The van der Waals surface area contributed by atoms with Crippen LogP contribution in [0.5, 0.6) is 0 Å². The number of halogens is 1. The molecule has 5 rings (SSSR count). The number of morpholine rings is 1. The standard InChI is InChI=1S/C21H21ClN2O3.2CH3NO/c22-16-3-7-18(8-4-16)24-14-27-21(9-10-21)20(24)15-1-5-17(6-2-15)23-11-12-26-13-19(23)25;2*2-1-3/h1-8,20H,9-14H2;2*1H,(H2,2,3). The SMILES string of the molecule is NC=O.NC=O.O=C1COCCN1c1ccc(C2N(c3ccc(Cl)cc3)COC23CC3)cc1. The Morgan fingerprint density at radius 2 is 1.55 bits per heavy atom. The van der Waals surface area contributed by atoms with Crippen molar-refractivity contribution < 1.29 is 23.9 Å². The van der Waals surface area contributed by atoms with Crippen molar-refractivity contribution in [1.29, 1.82) is 0 Å².